The molecule has 138 valence electrons. The zero-order valence-electron chi connectivity index (χ0n) is 16.2. The fraction of sp³-hybridized carbons (Fsp3) is 0. The molecule has 0 saturated heterocycles. The number of fused-ring (bicyclic) bond motifs is 4. The first-order valence-electron chi connectivity index (χ1n) is 10.3. The molecule has 30 heavy (non-hydrogen) atoms. The number of hydrogen-bond donors (Lipinski definition) is 0. The van der Waals surface area contributed by atoms with Gasteiger partial charge >= 0.3 is 0 Å². The molecule has 2 nitrogen and oxygen atoms in total. The van der Waals surface area contributed by atoms with Crippen LogP contribution in [0.4, 0.5) is 11.4 Å². The summed E-state index contributed by atoms with van der Waals surface area (Å²) < 4.78 is 0. The number of rotatable bonds is 1. The molecule has 0 aliphatic carbocycles. The average molecular weight is 381 g/mol. The minimum absolute atomic E-state index is 0.0751. The summed E-state index contributed by atoms with van der Waals surface area (Å²) >= 11 is 0. The molecule has 0 radical (unpaired) electrons. The SMILES string of the molecule is O=C1c2cccc3ccc4c(c23)N1c1ccc2ccccc2c1B4c1ccccc1. The van der Waals surface area contributed by atoms with E-state index >= 15 is 0 Å². The summed E-state index contributed by atoms with van der Waals surface area (Å²) in [5, 5.41) is 4.61. The predicted molar refractivity (Wildman–Crippen MR) is 125 cm³/mol. The third-order valence-electron chi connectivity index (χ3n) is 6.63. The summed E-state index contributed by atoms with van der Waals surface area (Å²) in [4.78, 5) is 15.5. The topological polar surface area (TPSA) is 20.3 Å². The normalized spacial score (nSPS) is 13.9. The minimum Gasteiger partial charge on any atom is -0.277 e. The van der Waals surface area contributed by atoms with Gasteiger partial charge in [-0.1, -0.05) is 90.4 Å². The van der Waals surface area contributed by atoms with E-state index in [-0.39, 0.29) is 12.6 Å². The molecule has 2 aliphatic heterocycles. The molecule has 2 heterocycles. The number of carbonyl (C=O) groups excluding carboxylic acids is 1. The Morgan fingerprint density at radius 1 is 0.667 bits per heavy atom. The third-order valence-corrected chi connectivity index (χ3v) is 6.63. The number of hydrogen-bond acceptors (Lipinski definition) is 1. The van der Waals surface area contributed by atoms with Gasteiger partial charge in [-0.15, -0.1) is 0 Å². The summed E-state index contributed by atoms with van der Waals surface area (Å²) in [6.07, 6.45) is 0. The quantitative estimate of drug-likeness (QED) is 0.400. The fourth-order valence-corrected chi connectivity index (χ4v) is 5.41. The second-order valence-corrected chi connectivity index (χ2v) is 8.11. The molecule has 0 bridgehead atoms. The highest BCUT2D eigenvalue weighted by molar-refractivity contribution is 6.99. The highest BCUT2D eigenvalue weighted by Gasteiger charge is 2.43. The van der Waals surface area contributed by atoms with Crippen LogP contribution in [0.15, 0.2) is 97.1 Å². The lowest BCUT2D eigenvalue weighted by Crippen LogP contribution is -2.58. The number of amides is 1. The van der Waals surface area contributed by atoms with Gasteiger partial charge in [0.25, 0.3) is 5.91 Å². The minimum atomic E-state index is 0.0751. The van der Waals surface area contributed by atoms with Gasteiger partial charge in [-0.05, 0) is 39.2 Å². The van der Waals surface area contributed by atoms with Crippen LogP contribution in [0, 0.1) is 0 Å². The van der Waals surface area contributed by atoms with Crippen LogP contribution >= 0.6 is 0 Å². The monoisotopic (exact) mass is 381 g/mol. The maximum Gasteiger partial charge on any atom is 0.263 e. The van der Waals surface area contributed by atoms with Crippen LogP contribution in [-0.2, 0) is 0 Å². The van der Waals surface area contributed by atoms with Gasteiger partial charge in [0, 0.05) is 11.1 Å². The van der Waals surface area contributed by atoms with E-state index in [1.165, 1.54) is 27.2 Å². The molecular weight excluding hydrogens is 365 g/mol. The Labute approximate surface area is 174 Å². The fourth-order valence-electron chi connectivity index (χ4n) is 5.41. The van der Waals surface area contributed by atoms with E-state index in [9.17, 15) is 4.79 Å². The van der Waals surface area contributed by atoms with E-state index < -0.39 is 0 Å². The number of benzene rings is 5. The molecule has 0 fully saturated rings. The lowest BCUT2D eigenvalue weighted by atomic mass is 9.34. The molecule has 0 N–H and O–H groups in total. The van der Waals surface area contributed by atoms with Gasteiger partial charge < -0.3 is 0 Å². The summed E-state index contributed by atoms with van der Waals surface area (Å²) in [5.74, 6) is 0.0751. The molecule has 0 unspecified atom stereocenters. The summed E-state index contributed by atoms with van der Waals surface area (Å²) in [7, 11) is 0. The standard InChI is InChI=1S/C27H16BNO/c30-27-21-12-6-8-18-13-15-22-26(24(18)21)29(27)23-16-14-17-7-4-5-11-20(17)25(23)28(22)19-9-2-1-3-10-19/h1-16H. The zero-order valence-corrected chi connectivity index (χ0v) is 16.2. The van der Waals surface area contributed by atoms with Crippen LogP contribution in [0.1, 0.15) is 10.4 Å². The van der Waals surface area contributed by atoms with Crippen LogP contribution in [0.2, 0.25) is 0 Å². The Morgan fingerprint density at radius 2 is 1.43 bits per heavy atom. The van der Waals surface area contributed by atoms with E-state index in [0.29, 0.717) is 0 Å². The zero-order chi connectivity index (χ0) is 19.8. The first-order chi connectivity index (χ1) is 14.8. The van der Waals surface area contributed by atoms with Crippen molar-refractivity contribution in [1.82, 2.24) is 0 Å². The first kappa shape index (κ1) is 16.0. The molecule has 2 aliphatic rings. The van der Waals surface area contributed by atoms with Crippen LogP contribution in [0.5, 0.6) is 0 Å². The van der Waals surface area contributed by atoms with E-state index in [1.54, 1.807) is 0 Å². The van der Waals surface area contributed by atoms with Crippen molar-refractivity contribution in [1.29, 1.82) is 0 Å². The molecule has 0 saturated carbocycles. The van der Waals surface area contributed by atoms with Crippen molar-refractivity contribution >= 4 is 61.9 Å². The third kappa shape index (κ3) is 1.87. The number of anilines is 2. The second-order valence-electron chi connectivity index (χ2n) is 8.11. The Balaban J connectivity index is 1.68. The van der Waals surface area contributed by atoms with Crippen molar-refractivity contribution in [2.24, 2.45) is 0 Å². The van der Waals surface area contributed by atoms with Gasteiger partial charge in [-0.2, -0.15) is 0 Å². The molecule has 0 aromatic heterocycles. The van der Waals surface area contributed by atoms with Gasteiger partial charge in [-0.25, -0.2) is 0 Å². The highest BCUT2D eigenvalue weighted by Crippen LogP contribution is 2.43. The lowest BCUT2D eigenvalue weighted by molar-refractivity contribution is 0.100. The van der Waals surface area contributed by atoms with E-state index in [1.807, 2.05) is 17.0 Å². The molecule has 1 amide bonds. The highest BCUT2D eigenvalue weighted by atomic mass is 16.2. The Kier molecular flexibility index (Phi) is 2.99. The summed E-state index contributed by atoms with van der Waals surface area (Å²) in [6, 6.07) is 33.8. The Morgan fingerprint density at radius 3 is 2.33 bits per heavy atom. The number of nitrogens with zero attached hydrogens (tertiary/aromatic N) is 1. The van der Waals surface area contributed by atoms with Crippen molar-refractivity contribution in [3.05, 3.63) is 103 Å². The molecule has 0 atom stereocenters. The van der Waals surface area contributed by atoms with Crippen LogP contribution in [0.3, 0.4) is 0 Å². The van der Waals surface area contributed by atoms with Crippen LogP contribution in [-0.4, -0.2) is 12.6 Å². The summed E-state index contributed by atoms with van der Waals surface area (Å²) in [6.45, 7) is 0.0851. The number of carbonyl (C=O) groups is 1. The van der Waals surface area contributed by atoms with E-state index in [0.717, 1.165) is 27.7 Å². The van der Waals surface area contributed by atoms with Gasteiger partial charge in [0.1, 0.15) is 0 Å². The van der Waals surface area contributed by atoms with Crippen molar-refractivity contribution in [3.63, 3.8) is 0 Å². The van der Waals surface area contributed by atoms with Gasteiger partial charge in [0.2, 0.25) is 6.71 Å². The smallest absolute Gasteiger partial charge is 0.263 e. The summed E-state index contributed by atoms with van der Waals surface area (Å²) in [5.41, 5.74) is 6.54. The molecule has 0 spiro atoms. The second kappa shape index (κ2) is 5.61. The van der Waals surface area contributed by atoms with Gasteiger partial charge in [-0.3, -0.25) is 9.69 Å². The Hall–Kier alpha value is -3.85. The van der Waals surface area contributed by atoms with E-state index in [4.69, 9.17) is 0 Å². The van der Waals surface area contributed by atoms with Gasteiger partial charge in [0.05, 0.1) is 11.3 Å². The van der Waals surface area contributed by atoms with Crippen molar-refractivity contribution in [2.75, 3.05) is 4.90 Å². The lowest BCUT2D eigenvalue weighted by Gasteiger charge is -2.34. The average Bonchev–Trinajstić information content (AvgIpc) is 3.11. The maximum absolute atomic E-state index is 13.6. The molecule has 3 heteroatoms. The predicted octanol–water partition coefficient (Wildman–Crippen LogP) is 4.11. The largest absolute Gasteiger partial charge is 0.277 e. The van der Waals surface area contributed by atoms with Crippen LogP contribution in [0.25, 0.3) is 21.5 Å². The van der Waals surface area contributed by atoms with Crippen LogP contribution < -0.4 is 21.3 Å². The van der Waals surface area contributed by atoms with Crippen molar-refractivity contribution in [3.8, 4) is 0 Å². The molecular formula is C27H16BNO. The first-order valence-corrected chi connectivity index (χ1v) is 10.3. The van der Waals surface area contributed by atoms with Gasteiger partial charge in [0.15, 0.2) is 0 Å². The molecule has 5 aromatic carbocycles. The van der Waals surface area contributed by atoms with Crippen molar-refractivity contribution < 1.29 is 4.79 Å². The molecule has 5 aromatic rings. The van der Waals surface area contributed by atoms with Crippen molar-refractivity contribution in [2.45, 2.75) is 0 Å². The maximum atomic E-state index is 13.6. The molecule has 7 rings (SSSR count). The Bertz CT molecular complexity index is 1520. The van der Waals surface area contributed by atoms with E-state index in [2.05, 4.69) is 84.9 Å².